The van der Waals surface area contributed by atoms with Gasteiger partial charge < -0.3 is 10.2 Å². The van der Waals surface area contributed by atoms with Crippen molar-refractivity contribution in [3.8, 4) is 6.07 Å². The van der Waals surface area contributed by atoms with Crippen LogP contribution in [0.4, 0.5) is 5.00 Å². The molecular weight excluding hydrogens is 448 g/mol. The van der Waals surface area contributed by atoms with Crippen molar-refractivity contribution in [3.05, 3.63) is 45.1 Å². The van der Waals surface area contributed by atoms with Gasteiger partial charge in [0.05, 0.1) is 24.7 Å². The first-order valence-electron chi connectivity index (χ1n) is 10.3. The van der Waals surface area contributed by atoms with Crippen LogP contribution >= 0.6 is 11.3 Å². The van der Waals surface area contributed by atoms with E-state index in [9.17, 15) is 24.5 Å². The number of thiol groups is 1. The average Bonchev–Trinajstić information content (AvgIpc) is 3.10. The Hall–Kier alpha value is -2.32. The topological polar surface area (TPSA) is 136 Å². The highest BCUT2D eigenvalue weighted by molar-refractivity contribution is 7.77. The molecule has 1 amide bonds. The maximum absolute atomic E-state index is 12.7. The zero-order valence-corrected chi connectivity index (χ0v) is 20.8. The molecule has 32 heavy (non-hydrogen) atoms. The monoisotopic (exact) mass is 478 g/mol. The predicted molar refractivity (Wildman–Crippen MR) is 127 cm³/mol. The Morgan fingerprint density at radius 3 is 2.28 bits per heavy atom. The summed E-state index contributed by atoms with van der Waals surface area (Å²) in [6.07, 6.45) is -0.0278. The van der Waals surface area contributed by atoms with Gasteiger partial charge in [0.2, 0.25) is 0 Å². The minimum absolute atomic E-state index is 0.0278. The molecule has 0 fully saturated rings. The van der Waals surface area contributed by atoms with Gasteiger partial charge in [-0.3, -0.25) is 9.52 Å². The quantitative estimate of drug-likeness (QED) is 0.427. The molecule has 174 valence electrons. The Morgan fingerprint density at radius 2 is 1.84 bits per heavy atom. The van der Waals surface area contributed by atoms with Crippen LogP contribution in [0.25, 0.3) is 0 Å². The Morgan fingerprint density at radius 1 is 1.28 bits per heavy atom. The van der Waals surface area contributed by atoms with Crippen LogP contribution in [0.5, 0.6) is 0 Å². The highest BCUT2D eigenvalue weighted by Gasteiger charge is 2.23. The van der Waals surface area contributed by atoms with Crippen molar-refractivity contribution in [2.75, 3.05) is 4.72 Å². The average molecular weight is 479 g/mol. The molecule has 2 aromatic rings. The summed E-state index contributed by atoms with van der Waals surface area (Å²) in [5.74, 6) is -0.356. The van der Waals surface area contributed by atoms with Crippen molar-refractivity contribution < 1.29 is 19.2 Å². The molecular formula is C22H30N4O4S2. The van der Waals surface area contributed by atoms with Gasteiger partial charge in [0.1, 0.15) is 32.1 Å². The third-order valence-corrected chi connectivity index (χ3v) is 7.09. The van der Waals surface area contributed by atoms with Crippen molar-refractivity contribution >= 4 is 33.0 Å². The van der Waals surface area contributed by atoms with Crippen molar-refractivity contribution in [2.45, 2.75) is 72.0 Å². The third-order valence-electron chi connectivity index (χ3n) is 4.79. The number of carbonyl (C=O) groups excluding carboxylic acids is 1. The number of nitriles is 1. The van der Waals surface area contributed by atoms with E-state index in [1.54, 1.807) is 26.0 Å². The highest BCUT2D eigenvalue weighted by Crippen LogP contribution is 2.32. The second-order valence-electron chi connectivity index (χ2n) is 8.62. The number of nitrogens with zero attached hydrogens (tertiary/aromatic N) is 3. The van der Waals surface area contributed by atoms with Crippen molar-refractivity contribution in [2.24, 2.45) is 4.36 Å². The van der Waals surface area contributed by atoms with Crippen molar-refractivity contribution in [1.82, 2.24) is 4.98 Å². The van der Waals surface area contributed by atoms with Crippen LogP contribution in [-0.4, -0.2) is 25.3 Å². The molecule has 1 atom stereocenters. The second kappa shape index (κ2) is 10.5. The molecule has 1 unspecified atom stereocenters. The van der Waals surface area contributed by atoms with E-state index in [1.807, 2.05) is 27.7 Å². The van der Waals surface area contributed by atoms with E-state index in [-0.39, 0.29) is 24.0 Å². The number of hydrogen-bond donors (Lipinski definition) is 4. The van der Waals surface area contributed by atoms with E-state index < -0.39 is 28.9 Å². The molecule has 2 rings (SSSR count). The van der Waals surface area contributed by atoms with Crippen molar-refractivity contribution in [1.29, 1.82) is 5.26 Å². The summed E-state index contributed by atoms with van der Waals surface area (Å²) >= 11 is 1.05. The van der Waals surface area contributed by atoms with Crippen molar-refractivity contribution in [3.63, 3.8) is 0 Å². The standard InChI is InChI=1S/C22H30N4O4S2/c1-12(2)15-7-14(10-23)8-16(13(3)4)17(15)9-19(28)25-32(30)26-20-18(11-27)24-21(31-20)22(5,6)29/h7-8,12-13,27,29,32H,9,11H2,1-6H3,(H,25,26,28,30). The number of aliphatic hydroxyl groups excluding tert-OH is 1. The molecule has 0 saturated carbocycles. The number of aliphatic hydroxyl groups is 2. The molecule has 8 nitrogen and oxygen atoms in total. The van der Waals surface area contributed by atoms with Gasteiger partial charge in [-0.1, -0.05) is 39.0 Å². The zero-order valence-electron chi connectivity index (χ0n) is 19.1. The zero-order chi connectivity index (χ0) is 24.2. The molecule has 1 aromatic heterocycles. The van der Waals surface area contributed by atoms with Gasteiger partial charge >= 0.3 is 0 Å². The minimum atomic E-state index is -2.50. The Balaban J connectivity index is 2.34. The van der Waals surface area contributed by atoms with Gasteiger partial charge in [-0.05, 0) is 54.5 Å². The molecule has 1 aromatic carbocycles. The molecule has 0 bridgehead atoms. The van der Waals surface area contributed by atoms with E-state index in [4.69, 9.17) is 0 Å². The Kier molecular flexibility index (Phi) is 8.54. The van der Waals surface area contributed by atoms with E-state index in [0.717, 1.165) is 28.0 Å². The maximum Gasteiger partial charge on any atom is 0.259 e. The number of amides is 1. The van der Waals surface area contributed by atoms with Gasteiger partial charge in [-0.15, -0.1) is 4.36 Å². The summed E-state index contributed by atoms with van der Waals surface area (Å²) in [5, 5.41) is 29.6. The number of benzene rings is 1. The fourth-order valence-corrected chi connectivity index (χ4v) is 5.09. The lowest BCUT2D eigenvalue weighted by Gasteiger charge is -2.19. The lowest BCUT2D eigenvalue weighted by Crippen LogP contribution is -2.14. The largest absolute Gasteiger partial charge is 0.390 e. The number of thiazole rings is 1. The first kappa shape index (κ1) is 25.9. The highest BCUT2D eigenvalue weighted by atomic mass is 32.2. The molecule has 3 N–H and O–H groups in total. The van der Waals surface area contributed by atoms with Crippen LogP contribution in [0.15, 0.2) is 16.5 Å². The molecule has 0 aliphatic heterocycles. The number of nitrogens with one attached hydrogen (secondary N) is 1. The fraction of sp³-hybridized carbons (Fsp3) is 0.500. The van der Waals surface area contributed by atoms with Crippen LogP contribution in [0.2, 0.25) is 0 Å². The van der Waals surface area contributed by atoms with E-state index in [2.05, 4.69) is 20.1 Å². The number of aromatic nitrogens is 1. The van der Waals surface area contributed by atoms with Gasteiger partial charge in [0, 0.05) is 0 Å². The lowest BCUT2D eigenvalue weighted by molar-refractivity contribution is -0.117. The van der Waals surface area contributed by atoms with E-state index in [1.165, 1.54) is 0 Å². The summed E-state index contributed by atoms with van der Waals surface area (Å²) in [6, 6.07) is 5.76. The van der Waals surface area contributed by atoms with Crippen LogP contribution in [0, 0.1) is 11.3 Å². The number of rotatable bonds is 8. The van der Waals surface area contributed by atoms with Crippen LogP contribution < -0.4 is 4.72 Å². The Bertz CT molecular complexity index is 1090. The summed E-state index contributed by atoms with van der Waals surface area (Å²) < 4.78 is 18.9. The fourth-order valence-electron chi connectivity index (χ4n) is 3.22. The van der Waals surface area contributed by atoms with Crippen LogP contribution in [-0.2, 0) is 34.2 Å². The smallest absolute Gasteiger partial charge is 0.259 e. The van der Waals surface area contributed by atoms with Gasteiger partial charge in [-0.25, -0.2) is 9.19 Å². The number of anilines is 1. The van der Waals surface area contributed by atoms with E-state index >= 15 is 0 Å². The molecule has 0 radical (unpaired) electrons. The molecule has 1 heterocycles. The van der Waals surface area contributed by atoms with Gasteiger partial charge in [0.25, 0.3) is 5.91 Å². The Labute approximate surface area is 194 Å². The maximum atomic E-state index is 12.7. The van der Waals surface area contributed by atoms with Crippen LogP contribution in [0.1, 0.15) is 86.3 Å². The molecule has 0 spiro atoms. The third kappa shape index (κ3) is 6.36. The lowest BCUT2D eigenvalue weighted by atomic mass is 9.85. The normalized spacial score (nSPS) is 12.9. The summed E-state index contributed by atoms with van der Waals surface area (Å²) in [7, 11) is -2.50. The summed E-state index contributed by atoms with van der Waals surface area (Å²) in [5.41, 5.74) is 2.17. The molecule has 10 heteroatoms. The van der Waals surface area contributed by atoms with Gasteiger partial charge in [-0.2, -0.15) is 5.26 Å². The second-order valence-corrected chi connectivity index (χ2v) is 10.6. The number of carbonyl (C=O) groups is 1. The summed E-state index contributed by atoms with van der Waals surface area (Å²) in [4.78, 5) is 16.8. The summed E-state index contributed by atoms with van der Waals surface area (Å²) in [6.45, 7) is 10.7. The predicted octanol–water partition coefficient (Wildman–Crippen LogP) is 3.74. The SMILES string of the molecule is CC(C)c1cc(C#N)cc(C(C)C)c1CC(=O)/N=[SH](=O)\Nc1sc(C(C)(C)O)nc1CO. The molecule has 0 aliphatic rings. The number of hydrogen-bond acceptors (Lipinski definition) is 7. The van der Waals surface area contributed by atoms with E-state index in [0.29, 0.717) is 15.6 Å². The first-order valence-corrected chi connectivity index (χ1v) is 12.3. The molecule has 0 saturated heterocycles. The minimum Gasteiger partial charge on any atom is -0.390 e. The van der Waals surface area contributed by atoms with Gasteiger partial charge in [0.15, 0.2) is 0 Å². The molecule has 0 aliphatic carbocycles. The first-order chi connectivity index (χ1) is 14.9. The van der Waals surface area contributed by atoms with Crippen LogP contribution in [0.3, 0.4) is 0 Å².